The molecule has 3 nitrogen and oxygen atoms in total. The Hall–Kier alpha value is -1.22. The van der Waals surface area contributed by atoms with Crippen LogP contribution in [0.3, 0.4) is 0 Å². The smallest absolute Gasteiger partial charge is 0.231 e. The van der Waals surface area contributed by atoms with Gasteiger partial charge in [0, 0.05) is 6.04 Å². The Kier molecular flexibility index (Phi) is 2.82. The molecule has 0 radical (unpaired) electrons. The zero-order valence-electron chi connectivity index (χ0n) is 9.49. The summed E-state index contributed by atoms with van der Waals surface area (Å²) in [5.41, 5.74) is 1.29. The molecule has 0 N–H and O–H groups in total. The standard InChI is InChI=1S/C12H17NO2/c1-9(13(2)3)6-10-4-5-11-12(7-10)15-8-14-11/h4-5,7,9H,6,8H2,1-3H3/t9-/m1/s1. The highest BCUT2D eigenvalue weighted by Gasteiger charge is 2.14. The first-order valence-electron chi connectivity index (χ1n) is 5.22. The van der Waals surface area contributed by atoms with E-state index in [-0.39, 0.29) is 0 Å². The minimum atomic E-state index is 0.349. The quantitative estimate of drug-likeness (QED) is 0.755. The van der Waals surface area contributed by atoms with Crippen molar-refractivity contribution >= 4 is 0 Å². The molecule has 0 fully saturated rings. The van der Waals surface area contributed by atoms with Crippen molar-refractivity contribution in [1.82, 2.24) is 4.90 Å². The van der Waals surface area contributed by atoms with Crippen molar-refractivity contribution in [1.29, 1.82) is 0 Å². The minimum Gasteiger partial charge on any atom is -0.454 e. The largest absolute Gasteiger partial charge is 0.454 e. The fourth-order valence-corrected chi connectivity index (χ4v) is 1.59. The third-order valence-corrected chi connectivity index (χ3v) is 2.85. The molecule has 1 aliphatic rings. The van der Waals surface area contributed by atoms with Gasteiger partial charge in [-0.15, -0.1) is 0 Å². The summed E-state index contributed by atoms with van der Waals surface area (Å²) in [6.45, 7) is 2.56. The van der Waals surface area contributed by atoms with Crippen molar-refractivity contribution in [2.75, 3.05) is 20.9 Å². The molecule has 1 atom stereocenters. The predicted octanol–water partition coefficient (Wildman–Crippen LogP) is 1.91. The lowest BCUT2D eigenvalue weighted by Gasteiger charge is -2.19. The highest BCUT2D eigenvalue weighted by molar-refractivity contribution is 5.44. The SMILES string of the molecule is C[C@H](Cc1ccc2c(c1)OCO2)N(C)C. The van der Waals surface area contributed by atoms with Gasteiger partial charge in [0.15, 0.2) is 11.5 Å². The van der Waals surface area contributed by atoms with Gasteiger partial charge in [0.1, 0.15) is 0 Å². The zero-order chi connectivity index (χ0) is 10.8. The Balaban J connectivity index is 2.10. The molecule has 1 heterocycles. The van der Waals surface area contributed by atoms with Crippen molar-refractivity contribution in [2.45, 2.75) is 19.4 Å². The van der Waals surface area contributed by atoms with Crippen LogP contribution >= 0.6 is 0 Å². The second kappa shape index (κ2) is 4.11. The van der Waals surface area contributed by atoms with Gasteiger partial charge in [-0.05, 0) is 45.1 Å². The number of rotatable bonds is 3. The Bertz CT molecular complexity index is 349. The number of nitrogens with zero attached hydrogens (tertiary/aromatic N) is 1. The Morgan fingerprint density at radius 2 is 2.00 bits per heavy atom. The van der Waals surface area contributed by atoms with Gasteiger partial charge in [-0.2, -0.15) is 0 Å². The van der Waals surface area contributed by atoms with Crippen LogP contribution in [0.2, 0.25) is 0 Å². The van der Waals surface area contributed by atoms with Gasteiger partial charge >= 0.3 is 0 Å². The van der Waals surface area contributed by atoms with Crippen molar-refractivity contribution in [3.63, 3.8) is 0 Å². The first kappa shape index (κ1) is 10.3. The van der Waals surface area contributed by atoms with Gasteiger partial charge in [-0.3, -0.25) is 0 Å². The molecular formula is C12H17NO2. The predicted molar refractivity (Wildman–Crippen MR) is 59.4 cm³/mol. The van der Waals surface area contributed by atoms with E-state index in [0.29, 0.717) is 12.8 Å². The molecule has 0 amide bonds. The first-order chi connectivity index (χ1) is 7.16. The summed E-state index contributed by atoms with van der Waals surface area (Å²) in [6, 6.07) is 6.70. The van der Waals surface area contributed by atoms with Gasteiger partial charge in [0.05, 0.1) is 0 Å². The van der Waals surface area contributed by atoms with E-state index in [1.54, 1.807) is 0 Å². The normalized spacial score (nSPS) is 15.7. The average molecular weight is 207 g/mol. The third kappa shape index (κ3) is 2.23. The van der Waals surface area contributed by atoms with E-state index in [4.69, 9.17) is 9.47 Å². The molecule has 0 aromatic heterocycles. The van der Waals surface area contributed by atoms with Crippen LogP contribution in [0.25, 0.3) is 0 Å². The van der Waals surface area contributed by atoms with Gasteiger partial charge in [-0.1, -0.05) is 6.07 Å². The lowest BCUT2D eigenvalue weighted by Crippen LogP contribution is -2.26. The fourth-order valence-electron chi connectivity index (χ4n) is 1.59. The summed E-state index contributed by atoms with van der Waals surface area (Å²) in [5.74, 6) is 1.73. The third-order valence-electron chi connectivity index (χ3n) is 2.85. The summed E-state index contributed by atoms with van der Waals surface area (Å²) in [4.78, 5) is 2.21. The fraction of sp³-hybridized carbons (Fsp3) is 0.500. The summed E-state index contributed by atoms with van der Waals surface area (Å²) >= 11 is 0. The summed E-state index contributed by atoms with van der Waals surface area (Å²) < 4.78 is 10.6. The molecule has 1 aliphatic heterocycles. The maximum Gasteiger partial charge on any atom is 0.231 e. The zero-order valence-corrected chi connectivity index (χ0v) is 9.49. The molecule has 0 unspecified atom stereocenters. The second-order valence-corrected chi connectivity index (χ2v) is 4.20. The van der Waals surface area contributed by atoms with E-state index in [0.717, 1.165) is 17.9 Å². The minimum absolute atomic E-state index is 0.349. The molecule has 0 aliphatic carbocycles. The molecule has 15 heavy (non-hydrogen) atoms. The Labute approximate surface area is 90.6 Å². The lowest BCUT2D eigenvalue weighted by molar-refractivity contribution is 0.174. The van der Waals surface area contributed by atoms with Gasteiger partial charge < -0.3 is 14.4 Å². The second-order valence-electron chi connectivity index (χ2n) is 4.20. The van der Waals surface area contributed by atoms with Crippen LogP contribution < -0.4 is 9.47 Å². The van der Waals surface area contributed by atoms with Gasteiger partial charge in [-0.25, -0.2) is 0 Å². The van der Waals surface area contributed by atoms with E-state index in [1.807, 2.05) is 6.07 Å². The van der Waals surface area contributed by atoms with Crippen LogP contribution in [0.15, 0.2) is 18.2 Å². The molecule has 3 heteroatoms. The van der Waals surface area contributed by atoms with Crippen molar-refractivity contribution in [2.24, 2.45) is 0 Å². The molecule has 0 saturated heterocycles. The van der Waals surface area contributed by atoms with Crippen LogP contribution in [-0.4, -0.2) is 31.8 Å². The molecule has 2 rings (SSSR count). The molecule has 0 spiro atoms. The van der Waals surface area contributed by atoms with Crippen molar-refractivity contribution in [3.05, 3.63) is 23.8 Å². The first-order valence-corrected chi connectivity index (χ1v) is 5.22. The van der Waals surface area contributed by atoms with E-state index >= 15 is 0 Å². The number of likely N-dealkylation sites (N-methyl/N-ethyl adjacent to an activating group) is 1. The number of hydrogen-bond donors (Lipinski definition) is 0. The summed E-state index contributed by atoms with van der Waals surface area (Å²) in [5, 5.41) is 0. The van der Waals surface area contributed by atoms with Crippen molar-refractivity contribution in [3.8, 4) is 11.5 Å². The van der Waals surface area contributed by atoms with Gasteiger partial charge in [0.2, 0.25) is 6.79 Å². The van der Waals surface area contributed by atoms with Crippen LogP contribution in [0.1, 0.15) is 12.5 Å². The number of hydrogen-bond acceptors (Lipinski definition) is 3. The number of ether oxygens (including phenoxy) is 2. The number of benzene rings is 1. The Morgan fingerprint density at radius 1 is 1.27 bits per heavy atom. The summed E-state index contributed by atoms with van der Waals surface area (Å²) in [7, 11) is 4.19. The monoisotopic (exact) mass is 207 g/mol. The Morgan fingerprint density at radius 3 is 2.73 bits per heavy atom. The molecule has 1 aromatic carbocycles. The maximum atomic E-state index is 5.35. The van der Waals surface area contributed by atoms with E-state index in [9.17, 15) is 0 Å². The highest BCUT2D eigenvalue weighted by atomic mass is 16.7. The molecule has 82 valence electrons. The topological polar surface area (TPSA) is 21.7 Å². The van der Waals surface area contributed by atoms with Crippen molar-refractivity contribution < 1.29 is 9.47 Å². The number of fused-ring (bicyclic) bond motifs is 1. The molecule has 0 saturated carbocycles. The summed E-state index contributed by atoms with van der Waals surface area (Å²) in [6.07, 6.45) is 1.03. The lowest BCUT2D eigenvalue weighted by atomic mass is 10.1. The van der Waals surface area contributed by atoms with Gasteiger partial charge in [0.25, 0.3) is 0 Å². The van der Waals surface area contributed by atoms with Crippen LogP contribution in [0.5, 0.6) is 11.5 Å². The van der Waals surface area contributed by atoms with Crippen LogP contribution in [0.4, 0.5) is 0 Å². The molecule has 0 bridgehead atoms. The average Bonchev–Trinajstić information content (AvgIpc) is 2.64. The van der Waals surface area contributed by atoms with Crippen LogP contribution in [-0.2, 0) is 6.42 Å². The van der Waals surface area contributed by atoms with E-state index in [1.165, 1.54) is 5.56 Å². The van der Waals surface area contributed by atoms with E-state index in [2.05, 4.69) is 38.1 Å². The molecule has 1 aromatic rings. The van der Waals surface area contributed by atoms with Crippen LogP contribution in [0, 0.1) is 0 Å². The maximum absolute atomic E-state index is 5.35. The van der Waals surface area contributed by atoms with E-state index < -0.39 is 0 Å². The molecular weight excluding hydrogens is 190 g/mol. The highest BCUT2D eigenvalue weighted by Crippen LogP contribution is 2.32.